The van der Waals surface area contributed by atoms with Crippen LogP contribution in [0, 0.1) is 17.1 Å². The van der Waals surface area contributed by atoms with Gasteiger partial charge in [-0.1, -0.05) is 30.0 Å². The standard InChI is InChI=1S/C14H14FN3OS/c15-13-5-2-1-4-11(13)10-20-14-17-8-12(9-19)18(14)7-3-6-16/h1-2,4-5,8,19H,3,7,9-10H2. The molecule has 0 spiro atoms. The van der Waals surface area contributed by atoms with Crippen LogP contribution in [-0.2, 0) is 18.9 Å². The van der Waals surface area contributed by atoms with Crippen LogP contribution in [-0.4, -0.2) is 14.7 Å². The minimum absolute atomic E-state index is 0.126. The van der Waals surface area contributed by atoms with Gasteiger partial charge in [0.05, 0.1) is 31.0 Å². The van der Waals surface area contributed by atoms with Crippen LogP contribution >= 0.6 is 11.8 Å². The van der Waals surface area contributed by atoms with Gasteiger partial charge < -0.3 is 9.67 Å². The molecule has 0 atom stereocenters. The zero-order valence-corrected chi connectivity index (χ0v) is 11.6. The van der Waals surface area contributed by atoms with Crippen molar-refractivity contribution in [3.8, 4) is 6.07 Å². The number of rotatable bonds is 6. The van der Waals surface area contributed by atoms with E-state index in [1.807, 2.05) is 0 Å². The molecule has 0 aliphatic rings. The summed E-state index contributed by atoms with van der Waals surface area (Å²) in [5, 5.41) is 18.6. The molecule has 0 aliphatic heterocycles. The van der Waals surface area contributed by atoms with Gasteiger partial charge >= 0.3 is 0 Å². The number of nitriles is 1. The van der Waals surface area contributed by atoms with Crippen LogP contribution < -0.4 is 0 Å². The largest absolute Gasteiger partial charge is 0.390 e. The van der Waals surface area contributed by atoms with Crippen molar-refractivity contribution in [1.82, 2.24) is 9.55 Å². The highest BCUT2D eigenvalue weighted by molar-refractivity contribution is 7.98. The van der Waals surface area contributed by atoms with Gasteiger partial charge in [-0.05, 0) is 11.6 Å². The van der Waals surface area contributed by atoms with Crippen LogP contribution in [0.2, 0.25) is 0 Å². The van der Waals surface area contributed by atoms with Gasteiger partial charge in [-0.2, -0.15) is 5.26 Å². The maximum atomic E-state index is 13.5. The van der Waals surface area contributed by atoms with Crippen LogP contribution in [0.4, 0.5) is 4.39 Å². The minimum Gasteiger partial charge on any atom is -0.390 e. The molecule has 2 aromatic rings. The molecule has 0 saturated heterocycles. The van der Waals surface area contributed by atoms with E-state index in [9.17, 15) is 9.50 Å². The fourth-order valence-electron chi connectivity index (χ4n) is 1.79. The Kier molecular flexibility index (Phi) is 5.16. The highest BCUT2D eigenvalue weighted by atomic mass is 32.2. The molecule has 4 nitrogen and oxygen atoms in total. The van der Waals surface area contributed by atoms with Crippen LogP contribution in [0.1, 0.15) is 17.7 Å². The van der Waals surface area contributed by atoms with Gasteiger partial charge in [-0.25, -0.2) is 9.37 Å². The molecule has 0 fully saturated rings. The van der Waals surface area contributed by atoms with Crippen molar-refractivity contribution in [2.75, 3.05) is 0 Å². The van der Waals surface area contributed by atoms with E-state index in [4.69, 9.17) is 5.26 Å². The molecule has 0 unspecified atom stereocenters. The Morgan fingerprint density at radius 2 is 2.20 bits per heavy atom. The maximum absolute atomic E-state index is 13.5. The number of imidazole rings is 1. The first-order chi connectivity index (χ1) is 9.76. The van der Waals surface area contributed by atoms with Crippen molar-refractivity contribution >= 4 is 11.8 Å². The summed E-state index contributed by atoms with van der Waals surface area (Å²) < 4.78 is 15.3. The lowest BCUT2D eigenvalue weighted by molar-refractivity contribution is 0.269. The van der Waals surface area contributed by atoms with Gasteiger partial charge in [0.25, 0.3) is 0 Å². The highest BCUT2D eigenvalue weighted by Gasteiger charge is 2.11. The molecule has 1 aromatic carbocycles. The van der Waals surface area contributed by atoms with Crippen LogP contribution in [0.25, 0.3) is 0 Å². The normalized spacial score (nSPS) is 10.4. The lowest BCUT2D eigenvalue weighted by atomic mass is 10.2. The number of halogens is 1. The number of benzene rings is 1. The second-order valence-corrected chi connectivity index (χ2v) is 5.07. The summed E-state index contributed by atoms with van der Waals surface area (Å²) in [4.78, 5) is 4.22. The van der Waals surface area contributed by atoms with Crippen molar-refractivity contribution < 1.29 is 9.50 Å². The van der Waals surface area contributed by atoms with Crippen molar-refractivity contribution in [3.05, 3.63) is 47.5 Å². The lowest BCUT2D eigenvalue weighted by Crippen LogP contribution is -2.04. The smallest absolute Gasteiger partial charge is 0.168 e. The molecule has 0 aliphatic carbocycles. The molecule has 20 heavy (non-hydrogen) atoms. The third-order valence-electron chi connectivity index (χ3n) is 2.83. The van der Waals surface area contributed by atoms with E-state index in [-0.39, 0.29) is 12.4 Å². The minimum atomic E-state index is -0.238. The van der Waals surface area contributed by atoms with Crippen LogP contribution in [0.3, 0.4) is 0 Å². The second kappa shape index (κ2) is 7.08. The maximum Gasteiger partial charge on any atom is 0.168 e. The molecule has 1 aromatic heterocycles. The Balaban J connectivity index is 2.11. The number of aliphatic hydroxyl groups excluding tert-OH is 1. The predicted molar refractivity (Wildman–Crippen MR) is 74.3 cm³/mol. The monoisotopic (exact) mass is 291 g/mol. The number of thioether (sulfide) groups is 1. The molecular weight excluding hydrogens is 277 g/mol. The summed E-state index contributed by atoms with van der Waals surface area (Å²) in [7, 11) is 0. The van der Waals surface area contributed by atoms with Crippen molar-refractivity contribution in [3.63, 3.8) is 0 Å². The average molecular weight is 291 g/mol. The molecule has 0 radical (unpaired) electrons. The van der Waals surface area contributed by atoms with E-state index in [0.29, 0.717) is 35.1 Å². The van der Waals surface area contributed by atoms with E-state index in [1.165, 1.54) is 17.8 Å². The van der Waals surface area contributed by atoms with Crippen LogP contribution in [0.15, 0.2) is 35.6 Å². The number of hydrogen-bond donors (Lipinski definition) is 1. The van der Waals surface area contributed by atoms with Gasteiger partial charge in [0.1, 0.15) is 5.82 Å². The summed E-state index contributed by atoms with van der Waals surface area (Å²) in [6.45, 7) is 0.352. The zero-order chi connectivity index (χ0) is 14.4. The third-order valence-corrected chi connectivity index (χ3v) is 3.86. The summed E-state index contributed by atoms with van der Waals surface area (Å²) >= 11 is 1.39. The molecule has 1 N–H and O–H groups in total. The predicted octanol–water partition coefficient (Wildman–Crippen LogP) is 2.72. The number of nitrogens with zero attached hydrogens (tertiary/aromatic N) is 3. The molecule has 0 bridgehead atoms. The van der Waals surface area contributed by atoms with Crippen molar-refractivity contribution in [1.29, 1.82) is 5.26 Å². The molecule has 0 amide bonds. The number of aromatic nitrogens is 2. The Morgan fingerprint density at radius 1 is 1.40 bits per heavy atom. The summed E-state index contributed by atoms with van der Waals surface area (Å²) in [6.07, 6.45) is 1.93. The van der Waals surface area contributed by atoms with E-state index >= 15 is 0 Å². The first-order valence-corrected chi connectivity index (χ1v) is 7.13. The first-order valence-electron chi connectivity index (χ1n) is 6.14. The number of aliphatic hydroxyl groups is 1. The first kappa shape index (κ1) is 14.6. The van der Waals surface area contributed by atoms with Crippen LogP contribution in [0.5, 0.6) is 0 Å². The van der Waals surface area contributed by atoms with Crippen molar-refractivity contribution in [2.24, 2.45) is 0 Å². The zero-order valence-electron chi connectivity index (χ0n) is 10.8. The quantitative estimate of drug-likeness (QED) is 0.831. The van der Waals surface area contributed by atoms with Gasteiger partial charge in [0, 0.05) is 12.3 Å². The van der Waals surface area contributed by atoms with E-state index in [0.717, 1.165) is 0 Å². The summed E-state index contributed by atoms with van der Waals surface area (Å²) in [5.74, 6) is 0.221. The van der Waals surface area contributed by atoms with Gasteiger partial charge in [0.15, 0.2) is 5.16 Å². The van der Waals surface area contributed by atoms with Crippen molar-refractivity contribution in [2.45, 2.75) is 30.5 Å². The fraction of sp³-hybridized carbons (Fsp3) is 0.286. The number of hydrogen-bond acceptors (Lipinski definition) is 4. The van der Waals surface area contributed by atoms with E-state index < -0.39 is 0 Å². The molecule has 0 saturated carbocycles. The fourth-order valence-corrected chi connectivity index (χ4v) is 2.80. The summed E-state index contributed by atoms with van der Waals surface area (Å²) in [6, 6.07) is 8.68. The van der Waals surface area contributed by atoms with Gasteiger partial charge in [0.2, 0.25) is 0 Å². The molecule has 6 heteroatoms. The average Bonchev–Trinajstić information content (AvgIpc) is 2.86. The van der Waals surface area contributed by atoms with E-state index in [1.54, 1.807) is 29.0 Å². The highest BCUT2D eigenvalue weighted by Crippen LogP contribution is 2.24. The summed E-state index contributed by atoms with van der Waals surface area (Å²) in [5.41, 5.74) is 1.27. The van der Waals surface area contributed by atoms with Gasteiger partial charge in [-0.3, -0.25) is 0 Å². The Morgan fingerprint density at radius 3 is 2.90 bits per heavy atom. The molecular formula is C14H14FN3OS. The molecule has 1 heterocycles. The molecule has 2 rings (SSSR count). The second-order valence-electron chi connectivity index (χ2n) is 4.13. The topological polar surface area (TPSA) is 61.8 Å². The van der Waals surface area contributed by atoms with Gasteiger partial charge in [-0.15, -0.1) is 0 Å². The Labute approximate surface area is 120 Å². The Bertz CT molecular complexity index is 621. The Hall–Kier alpha value is -1.84. The van der Waals surface area contributed by atoms with E-state index in [2.05, 4.69) is 11.1 Å². The lowest BCUT2D eigenvalue weighted by Gasteiger charge is -2.08. The third kappa shape index (κ3) is 3.38. The SMILES string of the molecule is N#CCCn1c(CO)cnc1SCc1ccccc1F. The molecule has 104 valence electrons.